The molecule has 0 unspecified atom stereocenters. The summed E-state index contributed by atoms with van der Waals surface area (Å²) in [5.41, 5.74) is 0.487. The van der Waals surface area contributed by atoms with Crippen molar-refractivity contribution in [1.82, 2.24) is 10.2 Å². The number of halogens is 1. The van der Waals surface area contributed by atoms with Gasteiger partial charge < -0.3 is 5.32 Å². The first-order valence-electron chi connectivity index (χ1n) is 4.41. The number of hydrogen-bond acceptors (Lipinski definition) is 3. The van der Waals surface area contributed by atoms with Gasteiger partial charge in [-0.25, -0.2) is 0 Å². The van der Waals surface area contributed by atoms with Gasteiger partial charge in [0.05, 0.1) is 0 Å². The van der Waals surface area contributed by atoms with Crippen molar-refractivity contribution in [3.05, 3.63) is 17.3 Å². The Balaban J connectivity index is 1.91. The Bertz CT molecular complexity index is 292. The molecule has 1 aromatic heterocycles. The summed E-state index contributed by atoms with van der Waals surface area (Å²) in [6, 6.07) is 3.59. The number of anilines is 1. The maximum Gasteiger partial charge on any atom is 0.151 e. The predicted molar refractivity (Wildman–Crippen MR) is 52.9 cm³/mol. The summed E-state index contributed by atoms with van der Waals surface area (Å²) in [4.78, 5) is 0. The molecule has 3 nitrogen and oxygen atoms in total. The average molecular weight is 198 g/mol. The molecule has 2 rings (SSSR count). The molecule has 0 radical (unpaired) electrons. The Kier molecular flexibility index (Phi) is 2.12. The van der Waals surface area contributed by atoms with Crippen LogP contribution in [0, 0.1) is 5.41 Å². The fraction of sp³-hybridized carbons (Fsp3) is 0.556. The van der Waals surface area contributed by atoms with Crippen LogP contribution in [-0.2, 0) is 0 Å². The molecule has 1 fully saturated rings. The molecule has 0 saturated heterocycles. The van der Waals surface area contributed by atoms with Gasteiger partial charge in [0.1, 0.15) is 5.82 Å². The quantitative estimate of drug-likeness (QED) is 0.809. The highest BCUT2D eigenvalue weighted by Gasteiger charge is 2.36. The van der Waals surface area contributed by atoms with Crippen molar-refractivity contribution in [2.45, 2.75) is 19.8 Å². The van der Waals surface area contributed by atoms with Crippen LogP contribution in [0.1, 0.15) is 19.8 Å². The van der Waals surface area contributed by atoms with Crippen molar-refractivity contribution in [2.75, 3.05) is 11.9 Å². The molecular formula is C9H12ClN3. The van der Waals surface area contributed by atoms with Crippen LogP contribution in [0.2, 0.25) is 5.15 Å². The minimum Gasteiger partial charge on any atom is -0.368 e. The zero-order valence-corrected chi connectivity index (χ0v) is 8.30. The monoisotopic (exact) mass is 197 g/mol. The van der Waals surface area contributed by atoms with E-state index in [1.54, 1.807) is 6.07 Å². The molecule has 0 bridgehead atoms. The van der Waals surface area contributed by atoms with E-state index in [9.17, 15) is 0 Å². The normalized spacial score (nSPS) is 18.3. The van der Waals surface area contributed by atoms with Crippen molar-refractivity contribution in [1.29, 1.82) is 0 Å². The lowest BCUT2D eigenvalue weighted by molar-refractivity contribution is 0.608. The van der Waals surface area contributed by atoms with E-state index in [2.05, 4.69) is 22.4 Å². The Morgan fingerprint density at radius 3 is 2.77 bits per heavy atom. The van der Waals surface area contributed by atoms with E-state index in [0.717, 1.165) is 12.4 Å². The van der Waals surface area contributed by atoms with Gasteiger partial charge in [-0.3, -0.25) is 0 Å². The van der Waals surface area contributed by atoms with E-state index < -0.39 is 0 Å². The van der Waals surface area contributed by atoms with Gasteiger partial charge in [0.25, 0.3) is 0 Å². The molecule has 0 atom stereocenters. The topological polar surface area (TPSA) is 37.8 Å². The first kappa shape index (κ1) is 8.75. The molecule has 1 aliphatic rings. The van der Waals surface area contributed by atoms with E-state index in [1.165, 1.54) is 12.8 Å². The Morgan fingerprint density at radius 1 is 1.46 bits per heavy atom. The Hall–Kier alpha value is -0.830. The van der Waals surface area contributed by atoms with Crippen LogP contribution >= 0.6 is 11.6 Å². The molecule has 1 aliphatic carbocycles. The molecule has 4 heteroatoms. The standard InChI is InChI=1S/C9H12ClN3/c1-9(4-5-9)6-11-8-3-2-7(10)12-13-8/h2-3H,4-6H2,1H3,(H,11,13). The molecule has 1 N–H and O–H groups in total. The maximum atomic E-state index is 5.61. The lowest BCUT2D eigenvalue weighted by Gasteiger charge is -2.09. The van der Waals surface area contributed by atoms with E-state index in [1.807, 2.05) is 6.07 Å². The molecule has 1 saturated carbocycles. The van der Waals surface area contributed by atoms with Crippen molar-refractivity contribution < 1.29 is 0 Å². The zero-order valence-electron chi connectivity index (χ0n) is 7.55. The summed E-state index contributed by atoms with van der Waals surface area (Å²) in [6.07, 6.45) is 2.61. The number of aromatic nitrogens is 2. The lowest BCUT2D eigenvalue weighted by Crippen LogP contribution is -2.12. The predicted octanol–water partition coefficient (Wildman–Crippen LogP) is 2.34. The molecular weight excluding hydrogens is 186 g/mol. The van der Waals surface area contributed by atoms with Crippen LogP contribution in [-0.4, -0.2) is 16.7 Å². The van der Waals surface area contributed by atoms with Crippen LogP contribution in [0.15, 0.2) is 12.1 Å². The molecule has 0 aromatic carbocycles. The van der Waals surface area contributed by atoms with Crippen LogP contribution < -0.4 is 5.32 Å². The van der Waals surface area contributed by atoms with Crippen molar-refractivity contribution >= 4 is 17.4 Å². The second-order valence-electron chi connectivity index (χ2n) is 3.91. The lowest BCUT2D eigenvalue weighted by atomic mass is 10.1. The Morgan fingerprint density at radius 2 is 2.23 bits per heavy atom. The van der Waals surface area contributed by atoms with Crippen LogP contribution in [0.4, 0.5) is 5.82 Å². The fourth-order valence-electron chi connectivity index (χ4n) is 1.10. The van der Waals surface area contributed by atoms with Gasteiger partial charge in [-0.15, -0.1) is 10.2 Å². The third kappa shape index (κ3) is 2.31. The SMILES string of the molecule is CC1(CNc2ccc(Cl)nn2)CC1. The van der Waals surface area contributed by atoms with Gasteiger partial charge in [0.2, 0.25) is 0 Å². The molecule has 1 aromatic rings. The fourth-order valence-corrected chi connectivity index (χ4v) is 1.21. The smallest absolute Gasteiger partial charge is 0.151 e. The number of rotatable bonds is 3. The third-order valence-electron chi connectivity index (χ3n) is 2.43. The summed E-state index contributed by atoms with van der Waals surface area (Å²) in [5.74, 6) is 0.803. The summed E-state index contributed by atoms with van der Waals surface area (Å²) in [6.45, 7) is 3.24. The highest BCUT2D eigenvalue weighted by atomic mass is 35.5. The van der Waals surface area contributed by atoms with E-state index in [0.29, 0.717) is 10.6 Å². The number of nitrogens with one attached hydrogen (secondary N) is 1. The molecule has 1 heterocycles. The first-order chi connectivity index (χ1) is 6.18. The summed E-state index contributed by atoms with van der Waals surface area (Å²) in [7, 11) is 0. The van der Waals surface area contributed by atoms with E-state index in [4.69, 9.17) is 11.6 Å². The number of hydrogen-bond donors (Lipinski definition) is 1. The van der Waals surface area contributed by atoms with Gasteiger partial charge in [0.15, 0.2) is 5.15 Å². The number of nitrogens with zero attached hydrogens (tertiary/aromatic N) is 2. The van der Waals surface area contributed by atoms with Crippen molar-refractivity contribution in [2.24, 2.45) is 5.41 Å². The largest absolute Gasteiger partial charge is 0.368 e. The van der Waals surface area contributed by atoms with Crippen LogP contribution in [0.3, 0.4) is 0 Å². The minimum atomic E-state index is 0.434. The van der Waals surface area contributed by atoms with Gasteiger partial charge in [-0.05, 0) is 30.4 Å². The summed E-state index contributed by atoms with van der Waals surface area (Å²) >= 11 is 5.61. The minimum absolute atomic E-state index is 0.434. The zero-order chi connectivity index (χ0) is 9.31. The van der Waals surface area contributed by atoms with Gasteiger partial charge >= 0.3 is 0 Å². The molecule has 0 aliphatic heterocycles. The van der Waals surface area contributed by atoms with Crippen LogP contribution in [0.5, 0.6) is 0 Å². The van der Waals surface area contributed by atoms with Gasteiger partial charge in [-0.2, -0.15) is 0 Å². The summed E-state index contributed by atoms with van der Waals surface area (Å²) in [5, 5.41) is 11.3. The van der Waals surface area contributed by atoms with E-state index in [-0.39, 0.29) is 0 Å². The van der Waals surface area contributed by atoms with Gasteiger partial charge in [-0.1, -0.05) is 18.5 Å². The Labute approximate surface area is 82.5 Å². The van der Waals surface area contributed by atoms with E-state index >= 15 is 0 Å². The molecule has 13 heavy (non-hydrogen) atoms. The second kappa shape index (κ2) is 3.14. The van der Waals surface area contributed by atoms with Gasteiger partial charge in [0, 0.05) is 6.54 Å². The summed E-state index contributed by atoms with van der Waals surface area (Å²) < 4.78 is 0. The highest BCUT2D eigenvalue weighted by molar-refractivity contribution is 6.29. The molecule has 0 spiro atoms. The highest BCUT2D eigenvalue weighted by Crippen LogP contribution is 2.44. The molecule has 0 amide bonds. The molecule has 70 valence electrons. The average Bonchev–Trinajstić information content (AvgIpc) is 2.84. The second-order valence-corrected chi connectivity index (χ2v) is 4.29. The van der Waals surface area contributed by atoms with Crippen molar-refractivity contribution in [3.8, 4) is 0 Å². The maximum absolute atomic E-state index is 5.61. The first-order valence-corrected chi connectivity index (χ1v) is 4.79. The van der Waals surface area contributed by atoms with Crippen LogP contribution in [0.25, 0.3) is 0 Å². The van der Waals surface area contributed by atoms with Crippen molar-refractivity contribution in [3.63, 3.8) is 0 Å². The third-order valence-corrected chi connectivity index (χ3v) is 2.63.